The zero-order chi connectivity index (χ0) is 17.1. The summed E-state index contributed by atoms with van der Waals surface area (Å²) in [7, 11) is 0. The lowest BCUT2D eigenvalue weighted by Crippen LogP contribution is -2.56. The van der Waals surface area contributed by atoms with Crippen molar-refractivity contribution >= 4 is 17.2 Å². The lowest BCUT2D eigenvalue weighted by atomic mass is 9.83. The lowest BCUT2D eigenvalue weighted by Gasteiger charge is -2.47. The summed E-state index contributed by atoms with van der Waals surface area (Å²) in [4.78, 5) is 22.7. The molecule has 4 heterocycles. The summed E-state index contributed by atoms with van der Waals surface area (Å²) in [6, 6.07) is 8.91. The second-order valence-electron chi connectivity index (χ2n) is 7.16. The van der Waals surface area contributed by atoms with E-state index >= 15 is 0 Å². The van der Waals surface area contributed by atoms with Crippen molar-refractivity contribution in [1.29, 1.82) is 0 Å². The maximum Gasteiger partial charge on any atom is 0.222 e. The van der Waals surface area contributed by atoms with Crippen molar-refractivity contribution in [1.82, 2.24) is 14.8 Å². The van der Waals surface area contributed by atoms with Gasteiger partial charge in [0.1, 0.15) is 0 Å². The zero-order valence-electron chi connectivity index (χ0n) is 14.5. The van der Waals surface area contributed by atoms with Gasteiger partial charge in [0, 0.05) is 55.9 Å². The standard InChI is InChI=1S/C20H25N3OS/c24-20-4-3-17-15-22(14-16-5-9-21-10-6-16)11-8-19(17)23(20)12-7-18-2-1-13-25-18/h1-2,5-6,9-10,13,17,19H,3-4,7-8,11-12,14-15H2/t17-,19+/m0/s1. The number of hydrogen-bond acceptors (Lipinski definition) is 4. The Morgan fingerprint density at radius 3 is 2.88 bits per heavy atom. The number of nitrogens with zero attached hydrogens (tertiary/aromatic N) is 3. The Balaban J connectivity index is 1.37. The number of fused-ring (bicyclic) bond motifs is 1. The topological polar surface area (TPSA) is 36.4 Å². The zero-order valence-corrected chi connectivity index (χ0v) is 15.3. The van der Waals surface area contributed by atoms with Crippen molar-refractivity contribution in [3.05, 3.63) is 52.5 Å². The number of hydrogen-bond donors (Lipinski definition) is 0. The molecule has 2 saturated heterocycles. The van der Waals surface area contributed by atoms with Gasteiger partial charge < -0.3 is 4.90 Å². The highest BCUT2D eigenvalue weighted by molar-refractivity contribution is 7.09. The van der Waals surface area contributed by atoms with E-state index in [9.17, 15) is 4.79 Å². The summed E-state index contributed by atoms with van der Waals surface area (Å²) in [5.41, 5.74) is 1.33. The van der Waals surface area contributed by atoms with Crippen LogP contribution in [0.1, 0.15) is 29.7 Å². The highest BCUT2D eigenvalue weighted by Gasteiger charge is 2.38. The van der Waals surface area contributed by atoms with Crippen molar-refractivity contribution in [2.24, 2.45) is 5.92 Å². The Morgan fingerprint density at radius 1 is 1.20 bits per heavy atom. The van der Waals surface area contributed by atoms with Gasteiger partial charge in [-0.2, -0.15) is 0 Å². The highest BCUT2D eigenvalue weighted by atomic mass is 32.1. The summed E-state index contributed by atoms with van der Waals surface area (Å²) >= 11 is 1.79. The van der Waals surface area contributed by atoms with Gasteiger partial charge in [0.2, 0.25) is 5.91 Å². The third-order valence-corrected chi connectivity index (χ3v) is 6.50. The smallest absolute Gasteiger partial charge is 0.222 e. The van der Waals surface area contributed by atoms with Crippen LogP contribution in [0.5, 0.6) is 0 Å². The Kier molecular flexibility index (Phi) is 5.13. The highest BCUT2D eigenvalue weighted by Crippen LogP contribution is 2.32. The van der Waals surface area contributed by atoms with E-state index in [1.807, 2.05) is 12.4 Å². The van der Waals surface area contributed by atoms with E-state index in [1.54, 1.807) is 11.3 Å². The van der Waals surface area contributed by atoms with Gasteiger partial charge in [-0.05, 0) is 54.3 Å². The van der Waals surface area contributed by atoms with Crippen LogP contribution >= 0.6 is 11.3 Å². The first kappa shape index (κ1) is 16.7. The number of carbonyl (C=O) groups is 1. The molecule has 2 aromatic rings. The van der Waals surface area contributed by atoms with Gasteiger partial charge in [0.15, 0.2) is 0 Å². The van der Waals surface area contributed by atoms with Crippen molar-refractivity contribution < 1.29 is 4.79 Å². The van der Waals surface area contributed by atoms with Crippen LogP contribution in [0, 0.1) is 5.92 Å². The summed E-state index contributed by atoms with van der Waals surface area (Å²) in [6.07, 6.45) is 7.60. The molecule has 25 heavy (non-hydrogen) atoms. The van der Waals surface area contributed by atoms with Crippen LogP contribution in [0.2, 0.25) is 0 Å². The Labute approximate surface area is 153 Å². The molecule has 2 fully saturated rings. The van der Waals surface area contributed by atoms with Gasteiger partial charge in [-0.15, -0.1) is 11.3 Å². The van der Waals surface area contributed by atoms with Crippen LogP contribution in [0.15, 0.2) is 42.0 Å². The molecule has 0 aliphatic carbocycles. The Morgan fingerprint density at radius 2 is 2.08 bits per heavy atom. The first-order chi connectivity index (χ1) is 12.3. The molecule has 0 spiro atoms. The fourth-order valence-electron chi connectivity index (χ4n) is 4.29. The van der Waals surface area contributed by atoms with E-state index in [1.165, 1.54) is 10.4 Å². The molecule has 0 saturated carbocycles. The molecule has 4 nitrogen and oxygen atoms in total. The third kappa shape index (κ3) is 3.93. The van der Waals surface area contributed by atoms with Crippen LogP contribution in [-0.4, -0.2) is 46.4 Å². The predicted molar refractivity (Wildman–Crippen MR) is 100 cm³/mol. The maximum atomic E-state index is 12.5. The van der Waals surface area contributed by atoms with Crippen molar-refractivity contribution in [2.45, 2.75) is 38.3 Å². The third-order valence-electron chi connectivity index (χ3n) is 5.56. The largest absolute Gasteiger partial charge is 0.339 e. The molecule has 0 radical (unpaired) electrons. The summed E-state index contributed by atoms with van der Waals surface area (Å²) in [6.45, 7) is 4.06. The fraction of sp³-hybridized carbons (Fsp3) is 0.500. The first-order valence-electron chi connectivity index (χ1n) is 9.23. The van der Waals surface area contributed by atoms with E-state index < -0.39 is 0 Å². The molecule has 2 aromatic heterocycles. The van der Waals surface area contributed by atoms with Gasteiger partial charge in [0.05, 0.1) is 0 Å². The molecule has 0 N–H and O–H groups in total. The van der Waals surface area contributed by atoms with E-state index in [-0.39, 0.29) is 0 Å². The van der Waals surface area contributed by atoms with Gasteiger partial charge in [-0.25, -0.2) is 0 Å². The minimum Gasteiger partial charge on any atom is -0.339 e. The molecule has 0 bridgehead atoms. The monoisotopic (exact) mass is 355 g/mol. The predicted octanol–water partition coefficient (Wildman–Crippen LogP) is 3.20. The van der Waals surface area contributed by atoms with Crippen LogP contribution in [0.3, 0.4) is 0 Å². The summed E-state index contributed by atoms with van der Waals surface area (Å²) in [5, 5.41) is 2.12. The number of aromatic nitrogens is 1. The fourth-order valence-corrected chi connectivity index (χ4v) is 4.99. The number of thiophene rings is 1. The average Bonchev–Trinajstić information content (AvgIpc) is 3.15. The van der Waals surface area contributed by atoms with Gasteiger partial charge in [0.25, 0.3) is 0 Å². The SMILES string of the molecule is O=C1CC[C@H]2CN(Cc3ccncc3)CC[C@H]2N1CCc1cccs1. The van der Waals surface area contributed by atoms with Crippen molar-refractivity contribution in [3.8, 4) is 0 Å². The molecule has 2 aliphatic heterocycles. The van der Waals surface area contributed by atoms with E-state index in [4.69, 9.17) is 0 Å². The maximum absolute atomic E-state index is 12.5. The average molecular weight is 356 g/mol. The van der Waals surface area contributed by atoms with Crippen LogP contribution < -0.4 is 0 Å². The second-order valence-corrected chi connectivity index (χ2v) is 8.19. The molecule has 5 heteroatoms. The number of amides is 1. The summed E-state index contributed by atoms with van der Waals surface area (Å²) in [5.74, 6) is 0.983. The second kappa shape index (κ2) is 7.67. The number of piperidine rings is 2. The van der Waals surface area contributed by atoms with Crippen LogP contribution in [0.4, 0.5) is 0 Å². The Bertz CT molecular complexity index is 688. The lowest BCUT2D eigenvalue weighted by molar-refractivity contribution is -0.141. The number of likely N-dealkylation sites (tertiary alicyclic amines) is 2. The van der Waals surface area contributed by atoms with Gasteiger partial charge in [-0.1, -0.05) is 6.07 Å². The van der Waals surface area contributed by atoms with Crippen LogP contribution in [0.25, 0.3) is 0 Å². The first-order valence-corrected chi connectivity index (χ1v) is 10.1. The summed E-state index contributed by atoms with van der Waals surface area (Å²) < 4.78 is 0. The normalized spacial score (nSPS) is 24.3. The minimum atomic E-state index is 0.361. The molecule has 1 amide bonds. The molecule has 0 unspecified atom stereocenters. The van der Waals surface area contributed by atoms with Gasteiger partial charge in [-0.3, -0.25) is 14.7 Å². The van der Waals surface area contributed by atoms with Crippen molar-refractivity contribution in [2.75, 3.05) is 19.6 Å². The molecular weight excluding hydrogens is 330 g/mol. The number of rotatable bonds is 5. The number of pyridine rings is 1. The molecule has 0 aromatic carbocycles. The molecular formula is C20H25N3OS. The van der Waals surface area contributed by atoms with E-state index in [0.29, 0.717) is 24.3 Å². The minimum absolute atomic E-state index is 0.361. The van der Waals surface area contributed by atoms with E-state index in [0.717, 1.165) is 45.4 Å². The molecule has 2 atom stereocenters. The quantitative estimate of drug-likeness (QED) is 0.826. The van der Waals surface area contributed by atoms with Crippen molar-refractivity contribution in [3.63, 3.8) is 0 Å². The molecule has 2 aliphatic rings. The van der Waals surface area contributed by atoms with Crippen LogP contribution in [-0.2, 0) is 17.8 Å². The van der Waals surface area contributed by atoms with E-state index in [2.05, 4.69) is 44.4 Å². The molecule has 132 valence electrons. The Hall–Kier alpha value is -1.72. The van der Waals surface area contributed by atoms with Gasteiger partial charge >= 0.3 is 0 Å². The number of carbonyl (C=O) groups excluding carboxylic acids is 1. The molecule has 4 rings (SSSR count).